The second kappa shape index (κ2) is 6.29. The molecule has 4 aliphatic rings. The summed E-state index contributed by atoms with van der Waals surface area (Å²) in [6.45, 7) is 1.84. The van der Waals surface area contributed by atoms with Crippen LogP contribution in [-0.2, 0) is 9.59 Å². The van der Waals surface area contributed by atoms with Gasteiger partial charge in [-0.1, -0.05) is 48.5 Å². The SMILES string of the molecule is Cc1cc(=O)oc2cc(N3C(=O)[C@@H]4C5c6ccccc6C(c6ccccc65)[C@@H]4C3=O)ccc12. The van der Waals surface area contributed by atoms with Crippen molar-refractivity contribution in [1.29, 1.82) is 0 Å². The van der Waals surface area contributed by atoms with E-state index in [2.05, 4.69) is 24.3 Å². The molecule has 2 atom stereocenters. The highest BCUT2D eigenvalue weighted by molar-refractivity contribution is 6.23. The van der Waals surface area contributed by atoms with Crippen LogP contribution in [-0.4, -0.2) is 11.8 Å². The summed E-state index contributed by atoms with van der Waals surface area (Å²) < 4.78 is 5.38. The maximum absolute atomic E-state index is 13.8. The van der Waals surface area contributed by atoms with Crippen LogP contribution >= 0.6 is 0 Å². The molecule has 1 fully saturated rings. The smallest absolute Gasteiger partial charge is 0.336 e. The quantitative estimate of drug-likeness (QED) is 0.328. The fourth-order valence-electron chi connectivity index (χ4n) is 6.38. The lowest BCUT2D eigenvalue weighted by Gasteiger charge is -2.45. The molecule has 1 aliphatic heterocycles. The number of amides is 2. The highest BCUT2D eigenvalue weighted by atomic mass is 16.4. The molecule has 3 aliphatic carbocycles. The molecule has 8 rings (SSSR count). The van der Waals surface area contributed by atoms with Crippen molar-refractivity contribution in [3.8, 4) is 0 Å². The lowest BCUT2D eigenvalue weighted by Crippen LogP contribution is -2.41. The number of carbonyl (C=O) groups is 2. The molecule has 0 radical (unpaired) electrons. The van der Waals surface area contributed by atoms with E-state index in [0.717, 1.165) is 33.2 Å². The van der Waals surface area contributed by atoms with Crippen molar-refractivity contribution in [2.45, 2.75) is 18.8 Å². The van der Waals surface area contributed by atoms with Crippen LogP contribution in [0.3, 0.4) is 0 Å². The Morgan fingerprint density at radius 3 is 1.73 bits per heavy atom. The highest BCUT2D eigenvalue weighted by Crippen LogP contribution is 2.61. The Bertz CT molecular complexity index is 1470. The van der Waals surface area contributed by atoms with Gasteiger partial charge in [0, 0.05) is 29.4 Å². The molecule has 0 unspecified atom stereocenters. The van der Waals surface area contributed by atoms with Crippen molar-refractivity contribution >= 4 is 28.5 Å². The molecule has 5 nitrogen and oxygen atoms in total. The van der Waals surface area contributed by atoms with Gasteiger partial charge < -0.3 is 4.42 Å². The Kier molecular flexibility index (Phi) is 3.54. The molecule has 4 aromatic rings. The zero-order valence-electron chi connectivity index (χ0n) is 17.8. The minimum Gasteiger partial charge on any atom is -0.423 e. The third-order valence-electron chi connectivity index (χ3n) is 7.64. The molecular formula is C28H19NO4. The van der Waals surface area contributed by atoms with Crippen LogP contribution in [0.25, 0.3) is 11.0 Å². The molecule has 2 bridgehead atoms. The van der Waals surface area contributed by atoms with E-state index >= 15 is 0 Å². The number of rotatable bonds is 1. The van der Waals surface area contributed by atoms with Gasteiger partial charge >= 0.3 is 5.63 Å². The largest absolute Gasteiger partial charge is 0.423 e. The van der Waals surface area contributed by atoms with E-state index in [4.69, 9.17) is 4.42 Å². The van der Waals surface area contributed by atoms with Crippen molar-refractivity contribution in [3.63, 3.8) is 0 Å². The number of hydrogen-bond donors (Lipinski definition) is 0. The molecule has 1 saturated heterocycles. The molecule has 33 heavy (non-hydrogen) atoms. The van der Waals surface area contributed by atoms with Gasteiger partial charge in [-0.2, -0.15) is 0 Å². The summed E-state index contributed by atoms with van der Waals surface area (Å²) in [6.07, 6.45) is 0. The first kappa shape index (κ1) is 18.6. The van der Waals surface area contributed by atoms with E-state index in [-0.39, 0.29) is 23.7 Å². The van der Waals surface area contributed by atoms with Gasteiger partial charge in [0.2, 0.25) is 11.8 Å². The Morgan fingerprint density at radius 2 is 1.21 bits per heavy atom. The number of nitrogens with zero attached hydrogens (tertiary/aromatic N) is 1. The fourth-order valence-corrected chi connectivity index (χ4v) is 6.38. The minimum absolute atomic E-state index is 0.144. The normalized spacial score (nSPS) is 24.7. The summed E-state index contributed by atoms with van der Waals surface area (Å²) in [5.74, 6) is -1.53. The molecule has 3 aromatic carbocycles. The topological polar surface area (TPSA) is 67.6 Å². The van der Waals surface area contributed by atoms with Crippen LogP contribution in [0.5, 0.6) is 0 Å². The molecular weight excluding hydrogens is 414 g/mol. The second-order valence-corrected chi connectivity index (χ2v) is 9.21. The molecule has 2 amide bonds. The summed E-state index contributed by atoms with van der Waals surface area (Å²) in [5, 5.41) is 0.787. The molecule has 0 spiro atoms. The first-order valence-electron chi connectivity index (χ1n) is 11.1. The van der Waals surface area contributed by atoms with Crippen LogP contribution in [0.15, 0.2) is 82.0 Å². The Labute approximate surface area is 189 Å². The number of hydrogen-bond acceptors (Lipinski definition) is 4. The van der Waals surface area contributed by atoms with Gasteiger partial charge in [0.15, 0.2) is 0 Å². The van der Waals surface area contributed by atoms with E-state index in [0.29, 0.717) is 11.3 Å². The minimum atomic E-state index is -0.450. The molecule has 1 aromatic heterocycles. The van der Waals surface area contributed by atoms with E-state index in [1.165, 1.54) is 11.0 Å². The van der Waals surface area contributed by atoms with Crippen LogP contribution in [0, 0.1) is 18.8 Å². The van der Waals surface area contributed by atoms with Crippen molar-refractivity contribution in [2.24, 2.45) is 11.8 Å². The van der Waals surface area contributed by atoms with Crippen molar-refractivity contribution in [1.82, 2.24) is 0 Å². The molecule has 5 heteroatoms. The van der Waals surface area contributed by atoms with E-state index in [9.17, 15) is 14.4 Å². The molecule has 160 valence electrons. The standard InChI is InChI=1S/C28H19NO4/c1-14-12-22(30)33-21-13-15(10-11-16(14)21)29-27(31)25-23-17-6-2-3-7-18(17)24(26(25)28(29)32)20-9-5-4-8-19(20)23/h2-13,23-26H,1H3/t23?,24?,25-,26+. The van der Waals surface area contributed by atoms with Gasteiger partial charge in [-0.05, 0) is 46.9 Å². The molecule has 0 saturated carbocycles. The molecule has 0 N–H and O–H groups in total. The lowest BCUT2D eigenvalue weighted by molar-refractivity contribution is -0.122. The summed E-state index contributed by atoms with van der Waals surface area (Å²) in [5.41, 5.74) is 5.75. The van der Waals surface area contributed by atoms with E-state index in [1.54, 1.807) is 12.1 Å². The summed E-state index contributed by atoms with van der Waals surface area (Å²) in [4.78, 5) is 40.9. The van der Waals surface area contributed by atoms with Crippen molar-refractivity contribution < 1.29 is 14.0 Å². The zero-order valence-corrected chi connectivity index (χ0v) is 17.8. The van der Waals surface area contributed by atoms with Crippen molar-refractivity contribution in [2.75, 3.05) is 4.90 Å². The predicted octanol–water partition coefficient (Wildman–Crippen LogP) is 4.50. The summed E-state index contributed by atoms with van der Waals surface area (Å²) >= 11 is 0. The zero-order chi connectivity index (χ0) is 22.4. The van der Waals surface area contributed by atoms with Gasteiger partial charge in [0.1, 0.15) is 5.58 Å². The molecule has 2 heterocycles. The Balaban J connectivity index is 1.42. The Morgan fingerprint density at radius 1 is 0.697 bits per heavy atom. The number of carbonyl (C=O) groups excluding carboxylic acids is 2. The first-order valence-corrected chi connectivity index (χ1v) is 11.1. The summed E-state index contributed by atoms with van der Waals surface area (Å²) in [7, 11) is 0. The third kappa shape index (κ3) is 2.29. The van der Waals surface area contributed by atoms with E-state index < -0.39 is 17.5 Å². The van der Waals surface area contributed by atoms with Gasteiger partial charge in [0.05, 0.1) is 17.5 Å². The van der Waals surface area contributed by atoms with Crippen LogP contribution in [0.1, 0.15) is 39.7 Å². The van der Waals surface area contributed by atoms with Crippen LogP contribution < -0.4 is 10.5 Å². The van der Waals surface area contributed by atoms with Gasteiger partial charge in [0.25, 0.3) is 0 Å². The maximum Gasteiger partial charge on any atom is 0.336 e. The third-order valence-corrected chi connectivity index (χ3v) is 7.64. The average molecular weight is 433 g/mol. The summed E-state index contributed by atoms with van der Waals surface area (Å²) in [6, 6.07) is 23.0. The highest BCUT2D eigenvalue weighted by Gasteiger charge is 2.61. The van der Waals surface area contributed by atoms with Crippen LogP contribution in [0.2, 0.25) is 0 Å². The van der Waals surface area contributed by atoms with Crippen LogP contribution in [0.4, 0.5) is 5.69 Å². The Hall–Kier alpha value is -3.99. The lowest BCUT2D eigenvalue weighted by atomic mass is 9.55. The fraction of sp³-hybridized carbons (Fsp3) is 0.179. The first-order chi connectivity index (χ1) is 16.0. The van der Waals surface area contributed by atoms with Gasteiger partial charge in [-0.3, -0.25) is 9.59 Å². The average Bonchev–Trinajstić information content (AvgIpc) is 3.09. The number of aryl methyl sites for hydroxylation is 1. The van der Waals surface area contributed by atoms with Crippen molar-refractivity contribution in [3.05, 3.63) is 111 Å². The number of benzene rings is 3. The van der Waals surface area contributed by atoms with Gasteiger partial charge in [-0.15, -0.1) is 0 Å². The maximum atomic E-state index is 13.8. The second-order valence-electron chi connectivity index (χ2n) is 9.21. The number of imide groups is 1. The number of fused-ring (bicyclic) bond motifs is 1. The van der Waals surface area contributed by atoms with Gasteiger partial charge in [-0.25, -0.2) is 9.69 Å². The number of anilines is 1. The predicted molar refractivity (Wildman–Crippen MR) is 123 cm³/mol. The van der Waals surface area contributed by atoms with E-state index in [1.807, 2.05) is 37.3 Å². The monoisotopic (exact) mass is 433 g/mol.